The highest BCUT2D eigenvalue weighted by atomic mass is 19.1. The van der Waals surface area contributed by atoms with Gasteiger partial charge in [0.2, 0.25) is 5.91 Å². The minimum Gasteiger partial charge on any atom is -0.487 e. The molecule has 0 saturated carbocycles. The Kier molecular flexibility index (Phi) is 6.30. The van der Waals surface area contributed by atoms with Crippen molar-refractivity contribution in [2.45, 2.75) is 13.2 Å². The maximum absolute atomic E-state index is 13.5. The van der Waals surface area contributed by atoms with Crippen molar-refractivity contribution in [3.05, 3.63) is 102 Å². The monoisotopic (exact) mass is 362 g/mol. The standard InChI is InChI=1S/C22H19FN2O2/c23-21-10-2-1-7-18(21)11-12-22(26)25-15-17-6-5-9-20(14-17)27-16-19-8-3-4-13-24-19/h1-14H,15-16H2,(H,25,26)/b12-11+. The number of nitrogens with one attached hydrogen (secondary N) is 1. The third kappa shape index (κ3) is 5.78. The number of aromatic nitrogens is 1. The van der Waals surface area contributed by atoms with E-state index in [1.54, 1.807) is 24.4 Å². The lowest BCUT2D eigenvalue weighted by molar-refractivity contribution is -0.116. The number of hydrogen-bond acceptors (Lipinski definition) is 3. The molecule has 1 N–H and O–H groups in total. The van der Waals surface area contributed by atoms with Crippen LogP contribution in [0.1, 0.15) is 16.8 Å². The molecule has 4 nitrogen and oxygen atoms in total. The van der Waals surface area contributed by atoms with Gasteiger partial charge in [-0.3, -0.25) is 9.78 Å². The normalized spacial score (nSPS) is 10.7. The fourth-order valence-electron chi connectivity index (χ4n) is 2.41. The van der Waals surface area contributed by atoms with Crippen molar-refractivity contribution in [2.24, 2.45) is 0 Å². The largest absolute Gasteiger partial charge is 0.487 e. The Morgan fingerprint density at radius 2 is 1.93 bits per heavy atom. The number of carbonyl (C=O) groups is 1. The van der Waals surface area contributed by atoms with E-state index in [9.17, 15) is 9.18 Å². The van der Waals surface area contributed by atoms with Crippen LogP contribution in [0.25, 0.3) is 6.08 Å². The summed E-state index contributed by atoms with van der Waals surface area (Å²) in [6.07, 6.45) is 4.50. The summed E-state index contributed by atoms with van der Waals surface area (Å²) in [6, 6.07) is 19.4. The Bertz CT molecular complexity index is 926. The van der Waals surface area contributed by atoms with Crippen molar-refractivity contribution in [3.63, 3.8) is 0 Å². The van der Waals surface area contributed by atoms with E-state index in [0.717, 1.165) is 11.3 Å². The third-order valence-electron chi connectivity index (χ3n) is 3.80. The van der Waals surface area contributed by atoms with E-state index in [-0.39, 0.29) is 11.7 Å². The molecule has 0 aliphatic rings. The molecular formula is C22H19FN2O2. The van der Waals surface area contributed by atoms with E-state index in [2.05, 4.69) is 10.3 Å². The molecule has 0 radical (unpaired) electrons. The first-order chi connectivity index (χ1) is 13.2. The fraction of sp³-hybridized carbons (Fsp3) is 0.0909. The average Bonchev–Trinajstić information content (AvgIpc) is 2.71. The quantitative estimate of drug-likeness (QED) is 0.643. The summed E-state index contributed by atoms with van der Waals surface area (Å²) in [5.74, 6) is 0.0478. The van der Waals surface area contributed by atoms with Gasteiger partial charge in [0.1, 0.15) is 18.2 Å². The SMILES string of the molecule is O=C(/C=C/c1ccccc1F)NCc1cccc(OCc2ccccn2)c1. The summed E-state index contributed by atoms with van der Waals surface area (Å²) >= 11 is 0. The molecule has 2 aromatic carbocycles. The predicted molar refractivity (Wildman–Crippen MR) is 102 cm³/mol. The van der Waals surface area contributed by atoms with E-state index in [1.807, 2.05) is 42.5 Å². The number of ether oxygens (including phenoxy) is 1. The zero-order valence-electron chi connectivity index (χ0n) is 14.6. The van der Waals surface area contributed by atoms with Gasteiger partial charge in [0, 0.05) is 24.4 Å². The minimum atomic E-state index is -0.362. The number of hydrogen-bond donors (Lipinski definition) is 1. The maximum atomic E-state index is 13.5. The van der Waals surface area contributed by atoms with Gasteiger partial charge >= 0.3 is 0 Å². The number of nitrogens with zero attached hydrogens (tertiary/aromatic N) is 1. The van der Waals surface area contributed by atoms with Crippen LogP contribution in [0.3, 0.4) is 0 Å². The van der Waals surface area contributed by atoms with E-state index in [0.29, 0.717) is 24.5 Å². The number of rotatable bonds is 7. The molecule has 0 bridgehead atoms. The topological polar surface area (TPSA) is 51.2 Å². The van der Waals surface area contributed by atoms with E-state index in [1.165, 1.54) is 18.2 Å². The van der Waals surface area contributed by atoms with Crippen molar-refractivity contribution in [1.29, 1.82) is 0 Å². The smallest absolute Gasteiger partial charge is 0.244 e. The molecule has 3 rings (SSSR count). The van der Waals surface area contributed by atoms with Crippen molar-refractivity contribution >= 4 is 12.0 Å². The Balaban J connectivity index is 1.52. The first kappa shape index (κ1) is 18.3. The molecule has 3 aromatic rings. The second kappa shape index (κ2) is 9.29. The van der Waals surface area contributed by atoms with Crippen molar-refractivity contribution in [3.8, 4) is 5.75 Å². The molecule has 0 unspecified atom stereocenters. The van der Waals surface area contributed by atoms with Crippen LogP contribution in [0.4, 0.5) is 4.39 Å². The van der Waals surface area contributed by atoms with Gasteiger partial charge < -0.3 is 10.1 Å². The number of halogens is 1. The highest BCUT2D eigenvalue weighted by Crippen LogP contribution is 2.15. The highest BCUT2D eigenvalue weighted by molar-refractivity contribution is 5.91. The lowest BCUT2D eigenvalue weighted by Crippen LogP contribution is -2.20. The first-order valence-electron chi connectivity index (χ1n) is 8.53. The summed E-state index contributed by atoms with van der Waals surface area (Å²) < 4.78 is 19.3. The van der Waals surface area contributed by atoms with Crippen LogP contribution < -0.4 is 10.1 Å². The minimum absolute atomic E-state index is 0.293. The van der Waals surface area contributed by atoms with Crippen LogP contribution in [-0.4, -0.2) is 10.9 Å². The molecule has 5 heteroatoms. The van der Waals surface area contributed by atoms with Crippen LogP contribution in [-0.2, 0) is 17.9 Å². The van der Waals surface area contributed by atoms with Gasteiger partial charge in [0.15, 0.2) is 0 Å². The average molecular weight is 362 g/mol. The molecule has 0 aliphatic heterocycles. The lowest BCUT2D eigenvalue weighted by atomic mass is 10.2. The Hall–Kier alpha value is -3.47. The second-order valence-electron chi connectivity index (χ2n) is 5.83. The molecule has 0 atom stereocenters. The summed E-state index contributed by atoms with van der Waals surface area (Å²) in [4.78, 5) is 16.1. The molecule has 136 valence electrons. The molecule has 0 saturated heterocycles. The number of pyridine rings is 1. The molecule has 27 heavy (non-hydrogen) atoms. The number of carbonyl (C=O) groups excluding carboxylic acids is 1. The van der Waals surface area contributed by atoms with Crippen LogP contribution in [0, 0.1) is 5.82 Å². The van der Waals surface area contributed by atoms with E-state index in [4.69, 9.17) is 4.74 Å². The molecular weight excluding hydrogens is 343 g/mol. The second-order valence-corrected chi connectivity index (χ2v) is 5.83. The Morgan fingerprint density at radius 1 is 1.07 bits per heavy atom. The van der Waals surface area contributed by atoms with Crippen LogP contribution in [0.2, 0.25) is 0 Å². The summed E-state index contributed by atoms with van der Waals surface area (Å²) in [7, 11) is 0. The first-order valence-corrected chi connectivity index (χ1v) is 8.53. The molecule has 0 fully saturated rings. The van der Waals surface area contributed by atoms with Crippen LogP contribution >= 0.6 is 0 Å². The van der Waals surface area contributed by atoms with Gasteiger partial charge in [-0.05, 0) is 42.0 Å². The third-order valence-corrected chi connectivity index (χ3v) is 3.80. The van der Waals surface area contributed by atoms with Gasteiger partial charge in [0.05, 0.1) is 5.69 Å². The molecule has 1 amide bonds. The highest BCUT2D eigenvalue weighted by Gasteiger charge is 2.02. The predicted octanol–water partition coefficient (Wildman–Crippen LogP) is 4.13. The van der Waals surface area contributed by atoms with Gasteiger partial charge in [-0.1, -0.05) is 36.4 Å². The van der Waals surface area contributed by atoms with Gasteiger partial charge in [-0.2, -0.15) is 0 Å². The Morgan fingerprint density at radius 3 is 2.74 bits per heavy atom. The van der Waals surface area contributed by atoms with Crippen LogP contribution in [0.5, 0.6) is 5.75 Å². The summed E-state index contributed by atoms with van der Waals surface area (Å²) in [5, 5.41) is 2.77. The number of amides is 1. The van der Waals surface area contributed by atoms with Gasteiger partial charge in [0.25, 0.3) is 0 Å². The lowest BCUT2D eigenvalue weighted by Gasteiger charge is -2.08. The van der Waals surface area contributed by atoms with Crippen molar-refractivity contribution < 1.29 is 13.9 Å². The molecule has 0 spiro atoms. The van der Waals surface area contributed by atoms with Crippen molar-refractivity contribution in [2.75, 3.05) is 0 Å². The fourth-order valence-corrected chi connectivity index (χ4v) is 2.41. The summed E-state index contributed by atoms with van der Waals surface area (Å²) in [6.45, 7) is 0.725. The van der Waals surface area contributed by atoms with E-state index < -0.39 is 0 Å². The molecule has 0 aliphatic carbocycles. The summed E-state index contributed by atoms with van der Waals surface area (Å²) in [5.41, 5.74) is 2.12. The molecule has 1 aromatic heterocycles. The van der Waals surface area contributed by atoms with Gasteiger partial charge in [-0.15, -0.1) is 0 Å². The number of benzene rings is 2. The van der Waals surface area contributed by atoms with E-state index >= 15 is 0 Å². The zero-order valence-corrected chi connectivity index (χ0v) is 14.6. The maximum Gasteiger partial charge on any atom is 0.244 e. The zero-order chi connectivity index (χ0) is 18.9. The van der Waals surface area contributed by atoms with Crippen molar-refractivity contribution in [1.82, 2.24) is 10.3 Å². The molecule has 1 heterocycles. The Labute approximate surface area is 157 Å². The van der Waals surface area contributed by atoms with Gasteiger partial charge in [-0.25, -0.2) is 4.39 Å². The van der Waals surface area contributed by atoms with Crippen LogP contribution in [0.15, 0.2) is 79.0 Å².